The zero-order chi connectivity index (χ0) is 7.56. The summed E-state index contributed by atoms with van der Waals surface area (Å²) in [5, 5.41) is 3.16. The normalized spacial score (nSPS) is 32.5. The molecule has 1 fully saturated rings. The number of rotatable bonds is 2. The van der Waals surface area contributed by atoms with Crippen LogP contribution in [0.25, 0.3) is 0 Å². The van der Waals surface area contributed by atoms with Gasteiger partial charge in [0, 0.05) is 5.70 Å². The van der Waals surface area contributed by atoms with Gasteiger partial charge in [0.1, 0.15) is 0 Å². The molecule has 0 aliphatic carbocycles. The molecule has 10 heavy (non-hydrogen) atoms. The molecule has 0 bridgehead atoms. The molecule has 2 unspecified atom stereocenters. The highest BCUT2D eigenvalue weighted by Gasteiger charge is 2.20. The molecule has 5 N–H and O–H groups in total. The van der Waals surface area contributed by atoms with Crippen LogP contribution < -0.4 is 16.8 Å². The van der Waals surface area contributed by atoms with Crippen molar-refractivity contribution in [1.29, 1.82) is 0 Å². The van der Waals surface area contributed by atoms with E-state index in [1.54, 1.807) is 0 Å². The van der Waals surface area contributed by atoms with Gasteiger partial charge in [0.15, 0.2) is 0 Å². The molecule has 1 aliphatic heterocycles. The highest BCUT2D eigenvalue weighted by Crippen LogP contribution is 2.16. The molecule has 58 valence electrons. The lowest BCUT2D eigenvalue weighted by molar-refractivity contribution is 0.554. The molecule has 3 nitrogen and oxygen atoms in total. The lowest BCUT2D eigenvalue weighted by Crippen LogP contribution is -2.30. The highest BCUT2D eigenvalue weighted by atomic mass is 15.1. The van der Waals surface area contributed by atoms with Crippen molar-refractivity contribution >= 4 is 0 Å². The molecule has 0 amide bonds. The van der Waals surface area contributed by atoms with Gasteiger partial charge in [-0.2, -0.15) is 0 Å². The van der Waals surface area contributed by atoms with E-state index in [4.69, 9.17) is 11.5 Å². The Morgan fingerprint density at radius 1 is 1.70 bits per heavy atom. The van der Waals surface area contributed by atoms with Crippen LogP contribution in [0.2, 0.25) is 0 Å². The molecule has 1 heterocycles. The molecule has 0 spiro atoms. The predicted octanol–water partition coefficient (Wildman–Crippen LogP) is -0.257. The van der Waals surface area contributed by atoms with Crippen LogP contribution in [0.15, 0.2) is 12.3 Å². The van der Waals surface area contributed by atoms with Crippen molar-refractivity contribution in [2.24, 2.45) is 17.4 Å². The van der Waals surface area contributed by atoms with Crippen LogP contribution in [0.3, 0.4) is 0 Å². The minimum atomic E-state index is 0.171. The number of nitrogens with two attached hydrogens (primary N) is 2. The lowest BCUT2D eigenvalue weighted by atomic mass is 10.0. The average Bonchev–Trinajstić information content (AvgIpc) is 2.13. The van der Waals surface area contributed by atoms with E-state index in [9.17, 15) is 0 Å². The van der Waals surface area contributed by atoms with E-state index in [2.05, 4.69) is 11.9 Å². The summed E-state index contributed by atoms with van der Waals surface area (Å²) in [4.78, 5) is 0. The summed E-state index contributed by atoms with van der Waals surface area (Å²) in [5.41, 5.74) is 11.8. The summed E-state index contributed by atoms with van der Waals surface area (Å²) in [7, 11) is 0. The van der Waals surface area contributed by atoms with Crippen molar-refractivity contribution < 1.29 is 0 Å². The fourth-order valence-electron chi connectivity index (χ4n) is 1.37. The topological polar surface area (TPSA) is 64.1 Å². The summed E-state index contributed by atoms with van der Waals surface area (Å²) in [6.07, 6.45) is 2.10. The summed E-state index contributed by atoms with van der Waals surface area (Å²) in [5.74, 6) is 0.604. The largest absolute Gasteiger partial charge is 0.403 e. The second kappa shape index (κ2) is 3.03. The molecule has 0 aromatic heterocycles. The Hall–Kier alpha value is -0.540. The minimum Gasteiger partial charge on any atom is -0.403 e. The Kier molecular flexibility index (Phi) is 2.29. The number of allylic oxidation sites excluding steroid dienone is 1. The maximum atomic E-state index is 5.62. The third-order valence-electron chi connectivity index (χ3n) is 1.81. The summed E-state index contributed by atoms with van der Waals surface area (Å²) >= 11 is 0. The Labute approximate surface area is 61.5 Å². The second-order valence-corrected chi connectivity index (χ2v) is 2.98. The molecule has 0 radical (unpaired) electrons. The summed E-state index contributed by atoms with van der Waals surface area (Å²) in [6.45, 7) is 4.64. The smallest absolute Gasteiger partial charge is 0.0549 e. The van der Waals surface area contributed by atoms with Gasteiger partial charge in [-0.3, -0.25) is 0 Å². The number of hydrogen-bond donors (Lipinski definition) is 3. The van der Waals surface area contributed by atoms with Crippen LogP contribution >= 0.6 is 0 Å². The van der Waals surface area contributed by atoms with Gasteiger partial charge in [-0.05, 0) is 25.3 Å². The van der Waals surface area contributed by atoms with E-state index in [1.165, 1.54) is 0 Å². The quantitative estimate of drug-likeness (QED) is 0.496. The van der Waals surface area contributed by atoms with Crippen LogP contribution in [0.1, 0.15) is 12.8 Å². The Morgan fingerprint density at radius 3 is 2.80 bits per heavy atom. The zero-order valence-electron chi connectivity index (χ0n) is 6.14. The third kappa shape index (κ3) is 2.01. The first-order chi connectivity index (χ1) is 4.68. The van der Waals surface area contributed by atoms with Gasteiger partial charge in [-0.1, -0.05) is 6.58 Å². The first kappa shape index (κ1) is 7.57. The fraction of sp³-hybridized carbons (Fsp3) is 0.714. The lowest BCUT2D eigenvalue weighted by Gasteiger charge is -2.05. The molecular weight excluding hydrogens is 126 g/mol. The van der Waals surface area contributed by atoms with Crippen molar-refractivity contribution in [2.75, 3.05) is 6.54 Å². The maximum Gasteiger partial charge on any atom is 0.0549 e. The Bertz CT molecular complexity index is 133. The van der Waals surface area contributed by atoms with E-state index in [1.807, 2.05) is 0 Å². The SMILES string of the molecule is C=C(N)CC1CNC(N)C1. The molecule has 0 aromatic rings. The predicted molar refractivity (Wildman–Crippen MR) is 42.0 cm³/mol. The molecule has 1 saturated heterocycles. The van der Waals surface area contributed by atoms with Gasteiger partial charge in [0.25, 0.3) is 0 Å². The molecule has 0 saturated carbocycles. The fourth-order valence-corrected chi connectivity index (χ4v) is 1.37. The van der Waals surface area contributed by atoms with Crippen molar-refractivity contribution in [2.45, 2.75) is 19.0 Å². The first-order valence-corrected chi connectivity index (χ1v) is 3.60. The monoisotopic (exact) mass is 141 g/mol. The van der Waals surface area contributed by atoms with Crippen LogP contribution in [0, 0.1) is 5.92 Å². The summed E-state index contributed by atoms with van der Waals surface area (Å²) < 4.78 is 0. The van der Waals surface area contributed by atoms with Crippen molar-refractivity contribution in [3.8, 4) is 0 Å². The van der Waals surface area contributed by atoms with Crippen molar-refractivity contribution in [3.05, 3.63) is 12.3 Å². The molecular formula is C7H15N3. The maximum absolute atomic E-state index is 5.62. The molecule has 0 aromatic carbocycles. The van der Waals surface area contributed by atoms with Crippen molar-refractivity contribution in [1.82, 2.24) is 5.32 Å². The number of nitrogens with one attached hydrogen (secondary N) is 1. The first-order valence-electron chi connectivity index (χ1n) is 3.60. The third-order valence-corrected chi connectivity index (χ3v) is 1.81. The molecule has 1 aliphatic rings. The standard InChI is InChI=1S/C7H15N3/c1-5(8)2-6-3-7(9)10-4-6/h6-7,10H,1-4,8-9H2. The van der Waals surface area contributed by atoms with Gasteiger partial charge in [-0.15, -0.1) is 0 Å². The van der Waals surface area contributed by atoms with Crippen LogP contribution in [0.5, 0.6) is 0 Å². The Morgan fingerprint density at radius 2 is 2.40 bits per heavy atom. The minimum absolute atomic E-state index is 0.171. The highest BCUT2D eigenvalue weighted by molar-refractivity contribution is 4.92. The van der Waals surface area contributed by atoms with Crippen LogP contribution in [-0.2, 0) is 0 Å². The van der Waals surface area contributed by atoms with E-state index < -0.39 is 0 Å². The number of hydrogen-bond acceptors (Lipinski definition) is 3. The average molecular weight is 141 g/mol. The van der Waals surface area contributed by atoms with Gasteiger partial charge in [0.05, 0.1) is 6.17 Å². The van der Waals surface area contributed by atoms with Gasteiger partial charge >= 0.3 is 0 Å². The van der Waals surface area contributed by atoms with Crippen LogP contribution in [0.4, 0.5) is 0 Å². The van der Waals surface area contributed by atoms with Gasteiger partial charge in [-0.25, -0.2) is 0 Å². The zero-order valence-corrected chi connectivity index (χ0v) is 6.14. The second-order valence-electron chi connectivity index (χ2n) is 2.98. The van der Waals surface area contributed by atoms with E-state index >= 15 is 0 Å². The van der Waals surface area contributed by atoms with Crippen molar-refractivity contribution in [3.63, 3.8) is 0 Å². The van der Waals surface area contributed by atoms with E-state index in [0.29, 0.717) is 5.92 Å². The summed E-state index contributed by atoms with van der Waals surface area (Å²) in [6, 6.07) is 0. The van der Waals surface area contributed by atoms with Gasteiger partial charge in [0.2, 0.25) is 0 Å². The van der Waals surface area contributed by atoms with E-state index in [0.717, 1.165) is 25.1 Å². The molecule has 1 rings (SSSR count). The van der Waals surface area contributed by atoms with Gasteiger partial charge < -0.3 is 16.8 Å². The van der Waals surface area contributed by atoms with E-state index in [-0.39, 0.29) is 6.17 Å². The Balaban J connectivity index is 2.24. The van der Waals surface area contributed by atoms with Crippen LogP contribution in [-0.4, -0.2) is 12.7 Å². The molecule has 3 heteroatoms. The molecule has 2 atom stereocenters.